The Morgan fingerprint density at radius 1 is 1.38 bits per heavy atom. The quantitative estimate of drug-likeness (QED) is 0.294. The predicted octanol–water partition coefficient (Wildman–Crippen LogP) is 3.12. The van der Waals surface area contributed by atoms with Gasteiger partial charge in [0.05, 0.1) is 25.0 Å². The van der Waals surface area contributed by atoms with Crippen molar-refractivity contribution in [1.82, 2.24) is 20.2 Å². The van der Waals surface area contributed by atoms with Crippen LogP contribution < -0.4 is 10.1 Å². The van der Waals surface area contributed by atoms with Gasteiger partial charge in [0, 0.05) is 25.2 Å². The predicted molar refractivity (Wildman–Crippen MR) is 117 cm³/mol. The summed E-state index contributed by atoms with van der Waals surface area (Å²) >= 11 is 1.85. The molecule has 0 aliphatic heterocycles. The topological polar surface area (TPSA) is 62.6 Å². The number of aliphatic imine (C=N–C) groups is 1. The number of thiazole rings is 1. The number of pyridine rings is 1. The number of ether oxygens (including phenoxy) is 1. The molecule has 6 nitrogen and oxygen atoms in total. The molecule has 8 heteroatoms. The minimum atomic E-state index is 0. The first-order valence-electron chi connectivity index (χ1n) is 8.68. The third-order valence-corrected chi connectivity index (χ3v) is 5.27. The summed E-state index contributed by atoms with van der Waals surface area (Å²) in [7, 11) is 3.84. The summed E-state index contributed by atoms with van der Waals surface area (Å²) in [6.07, 6.45) is 8.34. The standard InChI is InChI=1S/C18H25N5OS.HI/c1-19-18(21-10-11-24-14-6-5-9-20-12-14)23(2)13-17-22-15-7-3-4-8-16(15)25-17;/h5-6,9,12H,3-4,7-8,10-11,13H2,1-2H3,(H,19,21);1H. The number of fused-ring (bicyclic) bond motifs is 1. The average Bonchev–Trinajstić information content (AvgIpc) is 3.04. The largest absolute Gasteiger partial charge is 0.490 e. The molecule has 0 fully saturated rings. The van der Waals surface area contributed by atoms with Crippen LogP contribution in [0.5, 0.6) is 5.75 Å². The minimum Gasteiger partial charge on any atom is -0.490 e. The van der Waals surface area contributed by atoms with Crippen LogP contribution >= 0.6 is 35.3 Å². The van der Waals surface area contributed by atoms with Gasteiger partial charge >= 0.3 is 0 Å². The molecular weight excluding hydrogens is 461 g/mol. The first kappa shape index (κ1) is 20.9. The van der Waals surface area contributed by atoms with Crippen molar-refractivity contribution >= 4 is 41.3 Å². The molecule has 0 bridgehead atoms. The highest BCUT2D eigenvalue weighted by Crippen LogP contribution is 2.27. The van der Waals surface area contributed by atoms with E-state index in [0.717, 1.165) is 24.7 Å². The second-order valence-corrected chi connectivity index (χ2v) is 7.22. The highest BCUT2D eigenvalue weighted by atomic mass is 127. The summed E-state index contributed by atoms with van der Waals surface area (Å²) in [6, 6.07) is 3.77. The fourth-order valence-corrected chi connectivity index (χ4v) is 4.11. The molecule has 0 unspecified atom stereocenters. The van der Waals surface area contributed by atoms with Crippen LogP contribution in [0.4, 0.5) is 0 Å². The zero-order valence-corrected chi connectivity index (χ0v) is 18.4. The fraction of sp³-hybridized carbons (Fsp3) is 0.500. The van der Waals surface area contributed by atoms with Crippen molar-refractivity contribution in [2.45, 2.75) is 32.2 Å². The second kappa shape index (κ2) is 10.7. The summed E-state index contributed by atoms with van der Waals surface area (Å²) < 4.78 is 5.65. The van der Waals surface area contributed by atoms with Crippen LogP contribution in [0, 0.1) is 0 Å². The van der Waals surface area contributed by atoms with Gasteiger partial charge in [-0.1, -0.05) is 0 Å². The van der Waals surface area contributed by atoms with Gasteiger partial charge in [-0.25, -0.2) is 4.98 Å². The molecular formula is C18H26IN5OS. The van der Waals surface area contributed by atoms with E-state index >= 15 is 0 Å². The molecule has 2 heterocycles. The summed E-state index contributed by atoms with van der Waals surface area (Å²) in [5.74, 6) is 1.63. The number of nitrogens with zero attached hydrogens (tertiary/aromatic N) is 4. The van der Waals surface area contributed by atoms with Gasteiger partial charge < -0.3 is 15.0 Å². The molecule has 0 amide bonds. The van der Waals surface area contributed by atoms with Crippen LogP contribution in [0.1, 0.15) is 28.4 Å². The molecule has 2 aromatic rings. The molecule has 0 saturated carbocycles. The molecule has 2 aromatic heterocycles. The van der Waals surface area contributed by atoms with Crippen LogP contribution in [0.15, 0.2) is 29.5 Å². The van der Waals surface area contributed by atoms with Crippen LogP contribution in [0.2, 0.25) is 0 Å². The maximum absolute atomic E-state index is 5.65. The SMILES string of the molecule is CN=C(NCCOc1cccnc1)N(C)Cc1nc2c(s1)CCCC2.I. The fourth-order valence-electron chi connectivity index (χ4n) is 2.90. The lowest BCUT2D eigenvalue weighted by Gasteiger charge is -2.21. The van der Waals surface area contributed by atoms with E-state index in [1.165, 1.54) is 34.8 Å². The lowest BCUT2D eigenvalue weighted by atomic mass is 10.0. The Kier molecular flexibility index (Phi) is 8.56. The maximum Gasteiger partial charge on any atom is 0.193 e. The number of hydrogen-bond acceptors (Lipinski definition) is 5. The van der Waals surface area contributed by atoms with Gasteiger partial charge in [-0.2, -0.15) is 0 Å². The monoisotopic (exact) mass is 487 g/mol. The van der Waals surface area contributed by atoms with E-state index in [2.05, 4.69) is 20.2 Å². The molecule has 0 radical (unpaired) electrons. The van der Waals surface area contributed by atoms with Gasteiger partial charge in [-0.05, 0) is 37.8 Å². The van der Waals surface area contributed by atoms with Gasteiger partial charge in [0.15, 0.2) is 5.96 Å². The Balaban J connectivity index is 0.00000243. The molecule has 0 saturated heterocycles. The van der Waals surface area contributed by atoms with E-state index in [9.17, 15) is 0 Å². The molecule has 1 aliphatic carbocycles. The van der Waals surface area contributed by atoms with E-state index < -0.39 is 0 Å². The highest BCUT2D eigenvalue weighted by Gasteiger charge is 2.16. The lowest BCUT2D eigenvalue weighted by molar-refractivity contribution is 0.318. The van der Waals surface area contributed by atoms with Gasteiger partial charge in [-0.3, -0.25) is 9.98 Å². The zero-order chi connectivity index (χ0) is 17.5. The second-order valence-electron chi connectivity index (χ2n) is 6.05. The Labute approximate surface area is 176 Å². The van der Waals surface area contributed by atoms with Crippen LogP contribution in [0.3, 0.4) is 0 Å². The van der Waals surface area contributed by atoms with Crippen molar-refractivity contribution in [1.29, 1.82) is 0 Å². The lowest BCUT2D eigenvalue weighted by Crippen LogP contribution is -2.40. The first-order chi connectivity index (χ1) is 12.3. The number of aromatic nitrogens is 2. The number of aryl methyl sites for hydroxylation is 2. The van der Waals surface area contributed by atoms with Crippen LogP contribution in [0.25, 0.3) is 0 Å². The molecule has 0 aromatic carbocycles. The molecule has 1 aliphatic rings. The van der Waals surface area contributed by atoms with Crippen molar-refractivity contribution in [3.05, 3.63) is 40.1 Å². The summed E-state index contributed by atoms with van der Waals surface area (Å²) in [4.78, 5) is 16.8. The van der Waals surface area contributed by atoms with E-state index in [-0.39, 0.29) is 24.0 Å². The van der Waals surface area contributed by atoms with Crippen LogP contribution in [-0.2, 0) is 19.4 Å². The van der Waals surface area contributed by atoms with Crippen molar-refractivity contribution in [3.63, 3.8) is 0 Å². The van der Waals surface area contributed by atoms with Crippen molar-refractivity contribution in [2.75, 3.05) is 27.2 Å². The molecule has 142 valence electrons. The van der Waals surface area contributed by atoms with Crippen molar-refractivity contribution in [2.24, 2.45) is 4.99 Å². The van der Waals surface area contributed by atoms with Gasteiger partial charge in [0.2, 0.25) is 0 Å². The zero-order valence-electron chi connectivity index (χ0n) is 15.3. The summed E-state index contributed by atoms with van der Waals surface area (Å²) in [5.41, 5.74) is 1.31. The minimum absolute atomic E-state index is 0. The third kappa shape index (κ3) is 5.80. The Morgan fingerprint density at radius 3 is 2.96 bits per heavy atom. The molecule has 3 rings (SSSR count). The average molecular weight is 487 g/mol. The maximum atomic E-state index is 5.65. The normalized spacial score (nSPS) is 13.5. The molecule has 0 spiro atoms. The van der Waals surface area contributed by atoms with Crippen LogP contribution in [-0.4, -0.2) is 48.1 Å². The Hall–Kier alpha value is -1.42. The Bertz CT molecular complexity index is 683. The van der Waals surface area contributed by atoms with E-state index in [1.807, 2.05) is 30.5 Å². The molecule has 26 heavy (non-hydrogen) atoms. The number of guanidine groups is 1. The van der Waals surface area contributed by atoms with Gasteiger partial charge in [0.1, 0.15) is 17.4 Å². The number of halogens is 1. The first-order valence-corrected chi connectivity index (χ1v) is 9.50. The highest BCUT2D eigenvalue weighted by molar-refractivity contribution is 14.0. The van der Waals surface area contributed by atoms with Crippen molar-refractivity contribution in [3.8, 4) is 5.75 Å². The van der Waals surface area contributed by atoms with E-state index in [0.29, 0.717) is 13.2 Å². The summed E-state index contributed by atoms with van der Waals surface area (Å²) in [5, 5.41) is 4.50. The van der Waals surface area contributed by atoms with Gasteiger partial charge in [0.25, 0.3) is 0 Å². The van der Waals surface area contributed by atoms with E-state index in [1.54, 1.807) is 19.4 Å². The molecule has 0 atom stereocenters. The van der Waals surface area contributed by atoms with Gasteiger partial charge in [-0.15, -0.1) is 35.3 Å². The number of rotatable bonds is 6. The Morgan fingerprint density at radius 2 is 2.23 bits per heavy atom. The summed E-state index contributed by atoms with van der Waals surface area (Å²) in [6.45, 7) is 2.02. The third-order valence-electron chi connectivity index (χ3n) is 4.12. The smallest absolute Gasteiger partial charge is 0.193 e. The van der Waals surface area contributed by atoms with Crippen molar-refractivity contribution < 1.29 is 4.74 Å². The number of hydrogen-bond donors (Lipinski definition) is 1. The molecule has 1 N–H and O–H groups in total. The van der Waals surface area contributed by atoms with E-state index in [4.69, 9.17) is 9.72 Å². The number of nitrogens with one attached hydrogen (secondary N) is 1.